The fourth-order valence-electron chi connectivity index (χ4n) is 0.866. The molecule has 2 aromatic heterocycles. The molecule has 0 aliphatic rings. The molecule has 68 valence electrons. The maximum absolute atomic E-state index is 3.89. The number of aromatic nitrogens is 2. The van der Waals surface area contributed by atoms with Crippen LogP contribution in [0.2, 0.25) is 0 Å². The summed E-state index contributed by atoms with van der Waals surface area (Å²) >= 11 is 6.61. The number of anilines is 1. The molecule has 0 unspecified atom stereocenters. The van der Waals surface area contributed by atoms with Crippen LogP contribution in [0.1, 0.15) is 5.56 Å². The zero-order valence-corrected chi connectivity index (χ0v) is 9.75. The molecule has 2 heterocycles. The fourth-order valence-corrected chi connectivity index (χ4v) is 2.52. The van der Waals surface area contributed by atoms with Crippen molar-refractivity contribution in [2.24, 2.45) is 0 Å². The first kappa shape index (κ1) is 9.11. The first-order valence-corrected chi connectivity index (χ1v) is 6.13. The number of hydrogen-bond acceptors (Lipinski definition) is 5. The molecule has 2 aromatic rings. The Hall–Kier alpha value is -0.460. The molecule has 0 amide bonds. The molecule has 0 aliphatic carbocycles. The van der Waals surface area contributed by atoms with Gasteiger partial charge in [0, 0.05) is 6.54 Å². The molecule has 0 saturated carbocycles. The van der Waals surface area contributed by atoms with Crippen LogP contribution in [0.3, 0.4) is 0 Å². The first-order chi connectivity index (χ1) is 6.34. The smallest absolute Gasteiger partial charge is 0.205 e. The van der Waals surface area contributed by atoms with Crippen molar-refractivity contribution in [1.82, 2.24) is 10.2 Å². The van der Waals surface area contributed by atoms with Crippen LogP contribution in [0.15, 0.2) is 20.7 Å². The van der Waals surface area contributed by atoms with Crippen molar-refractivity contribution in [3.05, 3.63) is 26.3 Å². The number of thiophene rings is 1. The van der Waals surface area contributed by atoms with Gasteiger partial charge >= 0.3 is 0 Å². The summed E-state index contributed by atoms with van der Waals surface area (Å²) in [5, 5.41) is 13.8. The molecule has 0 aromatic carbocycles. The highest BCUT2D eigenvalue weighted by Crippen LogP contribution is 2.21. The number of nitrogens with zero attached hydrogens (tertiary/aromatic N) is 2. The highest BCUT2D eigenvalue weighted by molar-refractivity contribution is 9.11. The van der Waals surface area contributed by atoms with Crippen LogP contribution in [0, 0.1) is 0 Å². The third-order valence-electron chi connectivity index (χ3n) is 1.43. The predicted octanol–water partition coefficient (Wildman–Crippen LogP) is 2.97. The maximum Gasteiger partial charge on any atom is 0.205 e. The van der Waals surface area contributed by atoms with Gasteiger partial charge in [0.2, 0.25) is 5.13 Å². The lowest BCUT2D eigenvalue weighted by molar-refractivity contribution is 1.05. The largest absolute Gasteiger partial charge is 0.356 e. The van der Waals surface area contributed by atoms with E-state index in [1.807, 2.05) is 0 Å². The van der Waals surface area contributed by atoms with E-state index in [-0.39, 0.29) is 0 Å². The SMILES string of the molecule is Brc1cc(CNc2nncs2)cs1. The normalized spacial score (nSPS) is 10.2. The van der Waals surface area contributed by atoms with Gasteiger partial charge < -0.3 is 5.32 Å². The second-order valence-electron chi connectivity index (χ2n) is 2.36. The minimum Gasteiger partial charge on any atom is -0.356 e. The summed E-state index contributed by atoms with van der Waals surface area (Å²) in [7, 11) is 0. The van der Waals surface area contributed by atoms with Crippen LogP contribution in [0.5, 0.6) is 0 Å². The number of rotatable bonds is 3. The average Bonchev–Trinajstić information content (AvgIpc) is 2.71. The van der Waals surface area contributed by atoms with Crippen molar-refractivity contribution in [3.63, 3.8) is 0 Å². The average molecular weight is 276 g/mol. The van der Waals surface area contributed by atoms with Gasteiger partial charge in [-0.15, -0.1) is 21.5 Å². The van der Waals surface area contributed by atoms with E-state index < -0.39 is 0 Å². The van der Waals surface area contributed by atoms with E-state index in [9.17, 15) is 0 Å². The Balaban J connectivity index is 1.93. The molecule has 0 spiro atoms. The summed E-state index contributed by atoms with van der Waals surface area (Å²) in [5.74, 6) is 0. The zero-order chi connectivity index (χ0) is 9.10. The van der Waals surface area contributed by atoms with Crippen LogP contribution in [-0.2, 0) is 6.54 Å². The third kappa shape index (κ3) is 2.49. The van der Waals surface area contributed by atoms with Crippen LogP contribution >= 0.6 is 38.6 Å². The number of hydrogen-bond donors (Lipinski definition) is 1. The van der Waals surface area contributed by atoms with Crippen LogP contribution in [-0.4, -0.2) is 10.2 Å². The van der Waals surface area contributed by atoms with Gasteiger partial charge in [-0.05, 0) is 32.9 Å². The topological polar surface area (TPSA) is 37.8 Å². The van der Waals surface area contributed by atoms with Gasteiger partial charge in [0.1, 0.15) is 5.51 Å². The predicted molar refractivity (Wildman–Crippen MR) is 59.3 cm³/mol. The molecule has 0 aliphatic heterocycles. The van der Waals surface area contributed by atoms with Gasteiger partial charge in [0.15, 0.2) is 0 Å². The monoisotopic (exact) mass is 275 g/mol. The van der Waals surface area contributed by atoms with E-state index in [0.717, 1.165) is 15.5 Å². The third-order valence-corrected chi connectivity index (χ3v) is 3.63. The molecule has 0 atom stereocenters. The number of halogens is 1. The van der Waals surface area contributed by atoms with Gasteiger partial charge in [-0.2, -0.15) is 0 Å². The highest BCUT2D eigenvalue weighted by Gasteiger charge is 1.98. The summed E-state index contributed by atoms with van der Waals surface area (Å²) in [4.78, 5) is 0. The lowest BCUT2D eigenvalue weighted by Crippen LogP contribution is -1.97. The van der Waals surface area contributed by atoms with Crippen LogP contribution in [0.4, 0.5) is 5.13 Å². The summed E-state index contributed by atoms with van der Waals surface area (Å²) < 4.78 is 1.15. The lowest BCUT2D eigenvalue weighted by atomic mass is 10.3. The molecule has 1 N–H and O–H groups in total. The molecule has 0 fully saturated rings. The molecular formula is C7H6BrN3S2. The summed E-state index contributed by atoms with van der Waals surface area (Å²) in [6.07, 6.45) is 0. The van der Waals surface area contributed by atoms with E-state index in [0.29, 0.717) is 0 Å². The van der Waals surface area contributed by atoms with Crippen molar-refractivity contribution in [3.8, 4) is 0 Å². The Labute approximate surface area is 92.0 Å². The van der Waals surface area contributed by atoms with Gasteiger partial charge in [-0.3, -0.25) is 0 Å². The van der Waals surface area contributed by atoms with Crippen molar-refractivity contribution < 1.29 is 0 Å². The van der Waals surface area contributed by atoms with E-state index in [1.54, 1.807) is 16.8 Å². The van der Waals surface area contributed by atoms with E-state index in [4.69, 9.17) is 0 Å². The van der Waals surface area contributed by atoms with Crippen molar-refractivity contribution >= 4 is 43.7 Å². The van der Waals surface area contributed by atoms with Crippen LogP contribution < -0.4 is 5.32 Å². The van der Waals surface area contributed by atoms with Gasteiger partial charge in [0.25, 0.3) is 0 Å². The van der Waals surface area contributed by atoms with Crippen LogP contribution in [0.25, 0.3) is 0 Å². The summed E-state index contributed by atoms with van der Waals surface area (Å²) in [6, 6.07) is 2.10. The lowest BCUT2D eigenvalue weighted by Gasteiger charge is -1.97. The molecule has 2 rings (SSSR count). The second-order valence-corrected chi connectivity index (χ2v) is 5.48. The Bertz CT molecular complexity index is 371. The first-order valence-electron chi connectivity index (χ1n) is 3.57. The zero-order valence-electron chi connectivity index (χ0n) is 6.53. The Morgan fingerprint density at radius 3 is 3.00 bits per heavy atom. The molecule has 0 radical (unpaired) electrons. The van der Waals surface area contributed by atoms with E-state index in [1.165, 1.54) is 16.9 Å². The maximum atomic E-state index is 3.89. The number of nitrogens with one attached hydrogen (secondary N) is 1. The fraction of sp³-hybridized carbons (Fsp3) is 0.143. The molecule has 3 nitrogen and oxygen atoms in total. The van der Waals surface area contributed by atoms with Crippen molar-refractivity contribution in [1.29, 1.82) is 0 Å². The van der Waals surface area contributed by atoms with Gasteiger partial charge in [0.05, 0.1) is 3.79 Å². The standard InChI is InChI=1S/C7H6BrN3S2/c8-6-1-5(3-12-6)2-9-7-11-10-4-13-7/h1,3-4H,2H2,(H,9,11). The Morgan fingerprint density at radius 2 is 2.38 bits per heavy atom. The molecular weight excluding hydrogens is 270 g/mol. The Kier molecular flexibility index (Phi) is 2.92. The quantitative estimate of drug-likeness (QED) is 0.936. The second kappa shape index (κ2) is 4.17. The van der Waals surface area contributed by atoms with Crippen molar-refractivity contribution in [2.75, 3.05) is 5.32 Å². The Morgan fingerprint density at radius 1 is 1.46 bits per heavy atom. The van der Waals surface area contributed by atoms with Crippen molar-refractivity contribution in [2.45, 2.75) is 6.54 Å². The van der Waals surface area contributed by atoms with Gasteiger partial charge in [-0.25, -0.2) is 0 Å². The molecule has 13 heavy (non-hydrogen) atoms. The van der Waals surface area contributed by atoms with Gasteiger partial charge in [-0.1, -0.05) is 11.3 Å². The minimum atomic E-state index is 0.803. The van der Waals surface area contributed by atoms with E-state index in [2.05, 4.69) is 42.9 Å². The summed E-state index contributed by atoms with van der Waals surface area (Å²) in [5.41, 5.74) is 2.97. The molecule has 6 heteroatoms. The van der Waals surface area contributed by atoms with E-state index >= 15 is 0 Å². The highest BCUT2D eigenvalue weighted by atomic mass is 79.9. The minimum absolute atomic E-state index is 0.803. The molecule has 0 saturated heterocycles. The molecule has 0 bridgehead atoms. The summed E-state index contributed by atoms with van der Waals surface area (Å²) in [6.45, 7) is 0.803.